The van der Waals surface area contributed by atoms with Crippen LogP contribution in [0.25, 0.3) is 0 Å². The molecule has 3 fully saturated rings. The number of nitrogens with zero attached hydrogens (tertiary/aromatic N) is 2. The molecule has 0 spiro atoms. The van der Waals surface area contributed by atoms with E-state index < -0.39 is 16.8 Å². The first-order valence-corrected chi connectivity index (χ1v) is 9.39. The highest BCUT2D eigenvalue weighted by atomic mass is 19.1. The highest BCUT2D eigenvalue weighted by molar-refractivity contribution is 5.92. The van der Waals surface area contributed by atoms with Crippen molar-refractivity contribution in [2.24, 2.45) is 5.41 Å². The van der Waals surface area contributed by atoms with Gasteiger partial charge in [0, 0.05) is 24.7 Å². The zero-order valence-corrected chi connectivity index (χ0v) is 15.1. The van der Waals surface area contributed by atoms with Gasteiger partial charge in [-0.1, -0.05) is 18.2 Å². The molecule has 140 valence electrons. The predicted molar refractivity (Wildman–Crippen MR) is 94.2 cm³/mol. The number of carbonyl (C=O) groups is 2. The molecule has 1 N–H and O–H groups in total. The molecule has 1 aromatic rings. The van der Waals surface area contributed by atoms with Gasteiger partial charge in [0.05, 0.1) is 10.8 Å². The number of hydrogen-bond acceptors (Lipinski definition) is 3. The molecule has 0 bridgehead atoms. The van der Waals surface area contributed by atoms with E-state index in [1.54, 1.807) is 23.1 Å². The number of fused-ring (bicyclic) bond motifs is 1. The maximum absolute atomic E-state index is 14.3. The monoisotopic (exact) mass is 360 g/mol. The van der Waals surface area contributed by atoms with Crippen LogP contribution in [0.5, 0.6) is 0 Å². The molecule has 2 saturated heterocycles. The molecule has 4 rings (SSSR count). The standard InChI is InChI=1S/C20H25FN2O3/c1-22-11-4-7-20(18(25)26)10-12-23(13-16(20)22)17(24)19(8-9-19)14-5-2-3-6-15(14)21/h2-3,5-6,16H,4,7-13H2,1H3,(H,25,26)/t16-,20+/m1/s1. The van der Waals surface area contributed by atoms with Crippen molar-refractivity contribution in [3.63, 3.8) is 0 Å². The quantitative estimate of drug-likeness (QED) is 0.898. The van der Waals surface area contributed by atoms with Crippen LogP contribution in [0.3, 0.4) is 0 Å². The Morgan fingerprint density at radius 3 is 2.54 bits per heavy atom. The first-order valence-electron chi connectivity index (χ1n) is 9.39. The Morgan fingerprint density at radius 1 is 1.15 bits per heavy atom. The number of carbonyl (C=O) groups excluding carboxylic acids is 1. The van der Waals surface area contributed by atoms with Crippen LogP contribution in [0, 0.1) is 11.2 Å². The first-order chi connectivity index (χ1) is 12.4. The summed E-state index contributed by atoms with van der Waals surface area (Å²) in [7, 11) is 1.94. The van der Waals surface area contributed by atoms with Crippen molar-refractivity contribution in [1.82, 2.24) is 9.80 Å². The number of likely N-dealkylation sites (tertiary alicyclic amines) is 2. The number of piperidine rings is 2. The van der Waals surface area contributed by atoms with E-state index in [0.29, 0.717) is 44.3 Å². The predicted octanol–water partition coefficient (Wildman–Crippen LogP) is 2.25. The average molecular weight is 360 g/mol. The number of amides is 1. The van der Waals surface area contributed by atoms with Gasteiger partial charge < -0.3 is 14.9 Å². The zero-order chi connectivity index (χ0) is 18.5. The average Bonchev–Trinajstić information content (AvgIpc) is 3.43. The van der Waals surface area contributed by atoms with Gasteiger partial charge >= 0.3 is 5.97 Å². The van der Waals surface area contributed by atoms with Crippen LogP contribution in [0.4, 0.5) is 4.39 Å². The van der Waals surface area contributed by atoms with Crippen molar-refractivity contribution >= 4 is 11.9 Å². The van der Waals surface area contributed by atoms with Crippen LogP contribution in [0.15, 0.2) is 24.3 Å². The van der Waals surface area contributed by atoms with Crippen LogP contribution in [-0.2, 0) is 15.0 Å². The fraction of sp³-hybridized carbons (Fsp3) is 0.600. The topological polar surface area (TPSA) is 60.9 Å². The lowest BCUT2D eigenvalue weighted by Crippen LogP contribution is -2.64. The molecule has 0 aromatic heterocycles. The molecular formula is C20H25FN2O3. The summed E-state index contributed by atoms with van der Waals surface area (Å²) in [4.78, 5) is 29.2. The number of benzene rings is 1. The van der Waals surface area contributed by atoms with Crippen molar-refractivity contribution in [3.05, 3.63) is 35.6 Å². The molecule has 1 saturated carbocycles. The summed E-state index contributed by atoms with van der Waals surface area (Å²) in [6, 6.07) is 6.34. The second kappa shape index (κ2) is 6.05. The van der Waals surface area contributed by atoms with E-state index in [0.717, 1.165) is 13.0 Å². The van der Waals surface area contributed by atoms with Crippen LogP contribution in [0.1, 0.15) is 37.7 Å². The molecule has 0 radical (unpaired) electrons. The largest absolute Gasteiger partial charge is 0.481 e. The third-order valence-corrected chi connectivity index (χ3v) is 6.79. The van der Waals surface area contributed by atoms with E-state index >= 15 is 0 Å². The van der Waals surface area contributed by atoms with Crippen LogP contribution >= 0.6 is 0 Å². The van der Waals surface area contributed by atoms with Gasteiger partial charge in [0.1, 0.15) is 5.82 Å². The molecule has 2 aliphatic heterocycles. The Morgan fingerprint density at radius 2 is 1.88 bits per heavy atom. The molecule has 2 atom stereocenters. The molecule has 5 nitrogen and oxygen atoms in total. The second-order valence-electron chi connectivity index (χ2n) is 8.12. The smallest absolute Gasteiger partial charge is 0.311 e. The lowest BCUT2D eigenvalue weighted by atomic mass is 9.68. The van der Waals surface area contributed by atoms with Crippen LogP contribution < -0.4 is 0 Å². The summed E-state index contributed by atoms with van der Waals surface area (Å²) < 4.78 is 14.3. The number of hydrogen-bond donors (Lipinski definition) is 1. The zero-order valence-electron chi connectivity index (χ0n) is 15.1. The maximum Gasteiger partial charge on any atom is 0.311 e. The van der Waals surface area contributed by atoms with Crippen molar-refractivity contribution in [1.29, 1.82) is 0 Å². The second-order valence-corrected chi connectivity index (χ2v) is 8.12. The highest BCUT2D eigenvalue weighted by Crippen LogP contribution is 2.51. The summed E-state index contributed by atoms with van der Waals surface area (Å²) in [5.74, 6) is -1.12. The number of likely N-dealkylation sites (N-methyl/N-ethyl adjacent to an activating group) is 1. The fourth-order valence-electron chi connectivity index (χ4n) is 5.04. The number of rotatable bonds is 3. The molecule has 26 heavy (non-hydrogen) atoms. The molecule has 2 heterocycles. The molecule has 0 unspecified atom stereocenters. The lowest BCUT2D eigenvalue weighted by molar-refractivity contribution is -0.165. The van der Waals surface area contributed by atoms with E-state index in [-0.39, 0.29) is 17.8 Å². The van der Waals surface area contributed by atoms with E-state index in [4.69, 9.17) is 0 Å². The first kappa shape index (κ1) is 17.5. The Bertz CT molecular complexity index is 748. The van der Waals surface area contributed by atoms with Crippen molar-refractivity contribution in [2.45, 2.75) is 43.6 Å². The number of aliphatic carboxylic acids is 1. The number of carboxylic acid groups (broad SMARTS) is 1. The van der Waals surface area contributed by atoms with Crippen LogP contribution in [-0.4, -0.2) is 59.5 Å². The fourth-order valence-corrected chi connectivity index (χ4v) is 5.04. The van der Waals surface area contributed by atoms with Crippen molar-refractivity contribution in [3.8, 4) is 0 Å². The van der Waals surface area contributed by atoms with Gasteiger partial charge in [-0.25, -0.2) is 4.39 Å². The third kappa shape index (κ3) is 2.46. The van der Waals surface area contributed by atoms with Gasteiger partial charge in [0.25, 0.3) is 0 Å². The Hall–Kier alpha value is -1.95. The van der Waals surface area contributed by atoms with Gasteiger partial charge in [-0.05, 0) is 51.8 Å². The van der Waals surface area contributed by atoms with Crippen molar-refractivity contribution < 1.29 is 19.1 Å². The highest BCUT2D eigenvalue weighted by Gasteiger charge is 2.58. The molecule has 1 aromatic carbocycles. The summed E-state index contributed by atoms with van der Waals surface area (Å²) in [5.41, 5.74) is -1.03. The molecular weight excluding hydrogens is 335 g/mol. The summed E-state index contributed by atoms with van der Waals surface area (Å²) in [6.45, 7) is 1.70. The summed E-state index contributed by atoms with van der Waals surface area (Å²) >= 11 is 0. The van der Waals surface area contributed by atoms with E-state index in [2.05, 4.69) is 4.90 Å². The minimum atomic E-state index is -0.765. The van der Waals surface area contributed by atoms with Crippen LogP contribution in [0.2, 0.25) is 0 Å². The number of carboxylic acids is 1. The molecule has 1 aliphatic carbocycles. The van der Waals surface area contributed by atoms with E-state index in [1.807, 2.05) is 7.05 Å². The van der Waals surface area contributed by atoms with Crippen molar-refractivity contribution in [2.75, 3.05) is 26.7 Å². The van der Waals surface area contributed by atoms with Gasteiger partial charge in [-0.3, -0.25) is 9.59 Å². The Labute approximate surface area is 152 Å². The normalized spacial score (nSPS) is 30.5. The summed E-state index contributed by atoms with van der Waals surface area (Å²) in [5, 5.41) is 9.87. The lowest BCUT2D eigenvalue weighted by Gasteiger charge is -2.52. The SMILES string of the molecule is CN1CCC[C@]2(C(=O)O)CCN(C(=O)C3(c4ccccc4F)CC3)C[C@@H]12. The van der Waals surface area contributed by atoms with E-state index in [1.165, 1.54) is 6.07 Å². The summed E-state index contributed by atoms with van der Waals surface area (Å²) in [6.07, 6.45) is 3.32. The van der Waals surface area contributed by atoms with Gasteiger partial charge in [0.2, 0.25) is 5.91 Å². The molecule has 3 aliphatic rings. The Balaban J connectivity index is 1.59. The maximum atomic E-state index is 14.3. The van der Waals surface area contributed by atoms with Gasteiger partial charge in [-0.15, -0.1) is 0 Å². The minimum absolute atomic E-state index is 0.0411. The molecule has 6 heteroatoms. The third-order valence-electron chi connectivity index (χ3n) is 6.79. The van der Waals surface area contributed by atoms with Gasteiger partial charge in [0.15, 0.2) is 0 Å². The minimum Gasteiger partial charge on any atom is -0.481 e. The van der Waals surface area contributed by atoms with Gasteiger partial charge in [-0.2, -0.15) is 0 Å². The molecule has 1 amide bonds. The van der Waals surface area contributed by atoms with E-state index in [9.17, 15) is 19.1 Å². The Kier molecular flexibility index (Phi) is 4.06. The number of halogens is 1.